The van der Waals surface area contributed by atoms with Gasteiger partial charge in [-0.25, -0.2) is 0 Å². The smallest absolute Gasteiger partial charge is 0.0117 e. The van der Waals surface area contributed by atoms with Crippen molar-refractivity contribution in [2.45, 2.75) is 32.2 Å². The molecule has 1 aliphatic carbocycles. The molecule has 2 atom stereocenters. The third kappa shape index (κ3) is 2.20. The molecule has 1 saturated heterocycles. The first-order valence-electron chi connectivity index (χ1n) is 5.30. The zero-order valence-corrected chi connectivity index (χ0v) is 7.97. The van der Waals surface area contributed by atoms with Crippen molar-refractivity contribution in [1.82, 2.24) is 10.6 Å². The van der Waals surface area contributed by atoms with Crippen LogP contribution in [0.5, 0.6) is 0 Å². The summed E-state index contributed by atoms with van der Waals surface area (Å²) < 4.78 is 0. The van der Waals surface area contributed by atoms with Gasteiger partial charge in [0.2, 0.25) is 0 Å². The minimum atomic E-state index is 0.784. The van der Waals surface area contributed by atoms with Gasteiger partial charge in [0.25, 0.3) is 0 Å². The van der Waals surface area contributed by atoms with Crippen molar-refractivity contribution in [2.24, 2.45) is 11.8 Å². The second-order valence-electron chi connectivity index (χ2n) is 4.43. The summed E-state index contributed by atoms with van der Waals surface area (Å²) in [5.74, 6) is 1.84. The number of hydrogen-bond donors (Lipinski definition) is 2. The van der Waals surface area contributed by atoms with E-state index in [1.807, 2.05) is 0 Å². The number of hydrogen-bond acceptors (Lipinski definition) is 2. The molecule has 0 aromatic carbocycles. The van der Waals surface area contributed by atoms with Crippen LogP contribution in [0.3, 0.4) is 0 Å². The molecule has 0 aromatic heterocycles. The molecule has 1 saturated carbocycles. The normalized spacial score (nSPS) is 36.8. The van der Waals surface area contributed by atoms with Crippen LogP contribution in [0, 0.1) is 11.8 Å². The van der Waals surface area contributed by atoms with E-state index in [4.69, 9.17) is 0 Å². The number of rotatable bonds is 3. The van der Waals surface area contributed by atoms with E-state index in [9.17, 15) is 0 Å². The summed E-state index contributed by atoms with van der Waals surface area (Å²) in [5, 5.41) is 7.12. The summed E-state index contributed by atoms with van der Waals surface area (Å²) >= 11 is 0. The Morgan fingerprint density at radius 1 is 1.33 bits per heavy atom. The molecule has 0 radical (unpaired) electrons. The lowest BCUT2D eigenvalue weighted by Crippen LogP contribution is -2.46. The summed E-state index contributed by atoms with van der Waals surface area (Å²) in [6, 6.07) is 0.784. The van der Waals surface area contributed by atoms with Crippen molar-refractivity contribution in [2.75, 3.05) is 19.6 Å². The minimum Gasteiger partial charge on any atom is -0.316 e. The molecule has 0 amide bonds. The average Bonchev–Trinajstić information content (AvgIpc) is 2.86. The Morgan fingerprint density at radius 3 is 2.83 bits per heavy atom. The van der Waals surface area contributed by atoms with Gasteiger partial charge in [0.15, 0.2) is 0 Å². The summed E-state index contributed by atoms with van der Waals surface area (Å²) in [7, 11) is 0. The van der Waals surface area contributed by atoms with Gasteiger partial charge in [0.1, 0.15) is 0 Å². The Kier molecular flexibility index (Phi) is 2.66. The molecular formula is C10H20N2. The van der Waals surface area contributed by atoms with E-state index >= 15 is 0 Å². The van der Waals surface area contributed by atoms with Gasteiger partial charge in [0.05, 0.1) is 0 Å². The molecule has 1 heterocycles. The zero-order valence-electron chi connectivity index (χ0n) is 7.97. The summed E-state index contributed by atoms with van der Waals surface area (Å²) in [4.78, 5) is 0. The lowest BCUT2D eigenvalue weighted by molar-refractivity contribution is 0.294. The van der Waals surface area contributed by atoms with Gasteiger partial charge in [-0.3, -0.25) is 0 Å². The molecule has 70 valence electrons. The van der Waals surface area contributed by atoms with Crippen LogP contribution in [-0.4, -0.2) is 25.7 Å². The van der Waals surface area contributed by atoms with Crippen LogP contribution in [0.25, 0.3) is 0 Å². The molecule has 2 aliphatic rings. The standard InChI is InChI=1S/C10H20N2/c1-8-6-11-5-4-10(8)12-7-9-2-3-9/h8-12H,2-7H2,1H3. The zero-order chi connectivity index (χ0) is 8.39. The van der Waals surface area contributed by atoms with E-state index in [0.29, 0.717) is 0 Å². The van der Waals surface area contributed by atoms with Gasteiger partial charge in [0, 0.05) is 6.04 Å². The molecule has 2 heteroatoms. The highest BCUT2D eigenvalue weighted by atomic mass is 15.0. The maximum atomic E-state index is 3.69. The predicted octanol–water partition coefficient (Wildman–Crippen LogP) is 0.984. The van der Waals surface area contributed by atoms with Gasteiger partial charge in [-0.05, 0) is 50.7 Å². The van der Waals surface area contributed by atoms with Crippen molar-refractivity contribution in [1.29, 1.82) is 0 Å². The van der Waals surface area contributed by atoms with Crippen LogP contribution in [0.4, 0.5) is 0 Å². The van der Waals surface area contributed by atoms with Crippen molar-refractivity contribution < 1.29 is 0 Å². The van der Waals surface area contributed by atoms with Crippen LogP contribution in [0.2, 0.25) is 0 Å². The van der Waals surface area contributed by atoms with Gasteiger partial charge in [-0.15, -0.1) is 0 Å². The third-order valence-electron chi connectivity index (χ3n) is 3.15. The quantitative estimate of drug-likeness (QED) is 0.656. The van der Waals surface area contributed by atoms with E-state index in [-0.39, 0.29) is 0 Å². The Hall–Kier alpha value is -0.0800. The third-order valence-corrected chi connectivity index (χ3v) is 3.15. The molecule has 0 spiro atoms. The Morgan fingerprint density at radius 2 is 2.17 bits per heavy atom. The number of nitrogens with one attached hydrogen (secondary N) is 2. The predicted molar refractivity (Wildman–Crippen MR) is 51.2 cm³/mol. The molecule has 2 N–H and O–H groups in total. The van der Waals surface area contributed by atoms with Gasteiger partial charge < -0.3 is 10.6 Å². The van der Waals surface area contributed by atoms with Gasteiger partial charge in [-0.2, -0.15) is 0 Å². The topological polar surface area (TPSA) is 24.1 Å². The maximum Gasteiger partial charge on any atom is 0.0117 e. The monoisotopic (exact) mass is 168 g/mol. The minimum absolute atomic E-state index is 0.784. The first kappa shape index (κ1) is 8.52. The lowest BCUT2D eigenvalue weighted by Gasteiger charge is -2.30. The van der Waals surface area contributed by atoms with E-state index in [0.717, 1.165) is 17.9 Å². The van der Waals surface area contributed by atoms with Crippen LogP contribution in [0.15, 0.2) is 0 Å². The van der Waals surface area contributed by atoms with Crippen LogP contribution in [0.1, 0.15) is 26.2 Å². The van der Waals surface area contributed by atoms with Gasteiger partial charge >= 0.3 is 0 Å². The highest BCUT2D eigenvalue weighted by molar-refractivity contribution is 4.83. The summed E-state index contributed by atoms with van der Waals surface area (Å²) in [5.41, 5.74) is 0. The van der Waals surface area contributed by atoms with Crippen molar-refractivity contribution in [3.05, 3.63) is 0 Å². The van der Waals surface area contributed by atoms with Crippen molar-refractivity contribution in [3.8, 4) is 0 Å². The lowest BCUT2D eigenvalue weighted by atomic mass is 9.95. The van der Waals surface area contributed by atoms with Gasteiger partial charge in [-0.1, -0.05) is 6.92 Å². The van der Waals surface area contributed by atoms with E-state index in [1.54, 1.807) is 0 Å². The summed E-state index contributed by atoms with van der Waals surface area (Å²) in [6.07, 6.45) is 4.24. The average molecular weight is 168 g/mol. The van der Waals surface area contributed by atoms with Crippen LogP contribution < -0.4 is 10.6 Å². The molecule has 1 aliphatic heterocycles. The Labute approximate surface area is 75.1 Å². The fourth-order valence-corrected chi connectivity index (χ4v) is 1.96. The first-order chi connectivity index (χ1) is 5.86. The Balaban J connectivity index is 1.68. The number of piperidine rings is 1. The maximum absolute atomic E-state index is 3.69. The molecule has 0 bridgehead atoms. The molecule has 2 nitrogen and oxygen atoms in total. The van der Waals surface area contributed by atoms with E-state index < -0.39 is 0 Å². The second kappa shape index (κ2) is 3.75. The van der Waals surface area contributed by atoms with Crippen LogP contribution in [-0.2, 0) is 0 Å². The molecule has 2 rings (SSSR count). The highest BCUT2D eigenvalue weighted by Crippen LogP contribution is 2.28. The molecule has 12 heavy (non-hydrogen) atoms. The van der Waals surface area contributed by atoms with E-state index in [2.05, 4.69) is 17.6 Å². The molecule has 2 unspecified atom stereocenters. The SMILES string of the molecule is CC1CNCCC1NCC1CC1. The first-order valence-corrected chi connectivity index (χ1v) is 5.30. The fourth-order valence-electron chi connectivity index (χ4n) is 1.96. The Bertz CT molecular complexity index is 143. The largest absolute Gasteiger partial charge is 0.316 e. The molecule has 0 aromatic rings. The van der Waals surface area contributed by atoms with Crippen LogP contribution >= 0.6 is 0 Å². The second-order valence-corrected chi connectivity index (χ2v) is 4.43. The summed E-state index contributed by atoms with van der Waals surface area (Å²) in [6.45, 7) is 6.01. The van der Waals surface area contributed by atoms with Crippen molar-refractivity contribution in [3.63, 3.8) is 0 Å². The van der Waals surface area contributed by atoms with Crippen molar-refractivity contribution >= 4 is 0 Å². The molecular weight excluding hydrogens is 148 g/mol. The van der Waals surface area contributed by atoms with E-state index in [1.165, 1.54) is 38.9 Å². The highest BCUT2D eigenvalue weighted by Gasteiger charge is 2.25. The molecule has 2 fully saturated rings. The fraction of sp³-hybridized carbons (Fsp3) is 1.00.